The van der Waals surface area contributed by atoms with E-state index in [1.165, 1.54) is 31.2 Å². The molecule has 0 bridgehead atoms. The van der Waals surface area contributed by atoms with Crippen LogP contribution in [0, 0.1) is 5.41 Å². The zero-order chi connectivity index (χ0) is 12.3. The highest BCUT2D eigenvalue weighted by molar-refractivity contribution is 6.35. The van der Waals surface area contributed by atoms with Crippen molar-refractivity contribution in [3.8, 4) is 0 Å². The van der Waals surface area contributed by atoms with Gasteiger partial charge in [0.1, 0.15) is 0 Å². The number of hydrogen-bond acceptors (Lipinski definition) is 1. The molecule has 0 spiro atoms. The molecule has 0 aliphatic heterocycles. The second-order valence-electron chi connectivity index (χ2n) is 5.15. The molecule has 0 saturated heterocycles. The quantitative estimate of drug-likeness (QED) is 0.860. The summed E-state index contributed by atoms with van der Waals surface area (Å²) in [6.07, 6.45) is 6.34. The van der Waals surface area contributed by atoms with Crippen molar-refractivity contribution in [2.75, 3.05) is 13.6 Å². The van der Waals surface area contributed by atoms with E-state index in [-0.39, 0.29) is 0 Å². The predicted molar refractivity (Wildman–Crippen MR) is 75.0 cm³/mol. The Hall–Kier alpha value is -0.240. The Balaban J connectivity index is 2.17. The summed E-state index contributed by atoms with van der Waals surface area (Å²) < 4.78 is 0. The molecular formula is C14H19Cl2N. The maximum absolute atomic E-state index is 6.27. The van der Waals surface area contributed by atoms with Gasteiger partial charge in [-0.2, -0.15) is 0 Å². The lowest BCUT2D eigenvalue weighted by Gasteiger charge is -2.29. The van der Waals surface area contributed by atoms with Crippen LogP contribution in [0.25, 0.3) is 0 Å². The highest BCUT2D eigenvalue weighted by Crippen LogP contribution is 2.41. The van der Waals surface area contributed by atoms with E-state index in [0.717, 1.165) is 18.0 Å². The molecule has 0 atom stereocenters. The minimum absolute atomic E-state index is 0.395. The Morgan fingerprint density at radius 2 is 1.94 bits per heavy atom. The normalized spacial score (nSPS) is 18.5. The minimum atomic E-state index is 0.395. The SMILES string of the molecule is CNCC1(Cc2ccc(Cl)cc2Cl)CCCC1. The van der Waals surface area contributed by atoms with Crippen molar-refractivity contribution in [2.24, 2.45) is 5.41 Å². The lowest BCUT2D eigenvalue weighted by atomic mass is 9.80. The first-order valence-electron chi connectivity index (χ1n) is 6.24. The fraction of sp³-hybridized carbons (Fsp3) is 0.571. The van der Waals surface area contributed by atoms with E-state index in [1.54, 1.807) is 0 Å². The summed E-state index contributed by atoms with van der Waals surface area (Å²) >= 11 is 12.2. The molecule has 94 valence electrons. The van der Waals surface area contributed by atoms with Crippen molar-refractivity contribution in [3.63, 3.8) is 0 Å². The predicted octanol–water partition coefficient (Wildman–Crippen LogP) is 4.32. The van der Waals surface area contributed by atoms with Gasteiger partial charge in [-0.25, -0.2) is 0 Å². The minimum Gasteiger partial charge on any atom is -0.319 e. The number of benzene rings is 1. The molecule has 3 heteroatoms. The molecule has 0 radical (unpaired) electrons. The molecule has 1 fully saturated rings. The van der Waals surface area contributed by atoms with E-state index < -0.39 is 0 Å². The molecule has 0 amide bonds. The van der Waals surface area contributed by atoms with E-state index in [1.807, 2.05) is 19.2 Å². The summed E-state index contributed by atoms with van der Waals surface area (Å²) in [4.78, 5) is 0. The van der Waals surface area contributed by atoms with Gasteiger partial charge in [0.2, 0.25) is 0 Å². The van der Waals surface area contributed by atoms with Crippen LogP contribution in [0.4, 0.5) is 0 Å². The van der Waals surface area contributed by atoms with Gasteiger partial charge in [-0.3, -0.25) is 0 Å². The van der Waals surface area contributed by atoms with Crippen LogP contribution >= 0.6 is 23.2 Å². The summed E-state index contributed by atoms with van der Waals surface area (Å²) in [6.45, 7) is 1.08. The zero-order valence-electron chi connectivity index (χ0n) is 10.2. The first kappa shape index (κ1) is 13.2. The lowest BCUT2D eigenvalue weighted by Crippen LogP contribution is -2.32. The molecule has 1 aromatic rings. The fourth-order valence-electron chi connectivity index (χ4n) is 2.99. The third kappa shape index (κ3) is 3.15. The molecule has 1 aromatic carbocycles. The molecule has 0 unspecified atom stereocenters. The molecule has 17 heavy (non-hydrogen) atoms. The Morgan fingerprint density at radius 3 is 2.53 bits per heavy atom. The van der Waals surface area contributed by atoms with Crippen LogP contribution in [0.5, 0.6) is 0 Å². The van der Waals surface area contributed by atoms with Gasteiger partial charge in [0, 0.05) is 16.6 Å². The Kier molecular flexibility index (Phi) is 4.35. The summed E-state index contributed by atoms with van der Waals surface area (Å²) in [6, 6.07) is 5.85. The third-order valence-electron chi connectivity index (χ3n) is 3.80. The number of halogens is 2. The molecular weight excluding hydrogens is 253 g/mol. The van der Waals surface area contributed by atoms with E-state index in [9.17, 15) is 0 Å². The van der Waals surface area contributed by atoms with Gasteiger partial charge < -0.3 is 5.32 Å². The van der Waals surface area contributed by atoms with Crippen molar-refractivity contribution in [2.45, 2.75) is 32.1 Å². The molecule has 0 aromatic heterocycles. The van der Waals surface area contributed by atoms with E-state index in [4.69, 9.17) is 23.2 Å². The maximum atomic E-state index is 6.27. The number of nitrogens with one attached hydrogen (secondary N) is 1. The summed E-state index contributed by atoms with van der Waals surface area (Å²) in [5.74, 6) is 0. The smallest absolute Gasteiger partial charge is 0.0453 e. The molecule has 1 aliphatic rings. The molecule has 1 saturated carbocycles. The van der Waals surface area contributed by atoms with Crippen molar-refractivity contribution < 1.29 is 0 Å². The maximum Gasteiger partial charge on any atom is 0.0453 e. The van der Waals surface area contributed by atoms with Crippen molar-refractivity contribution in [1.29, 1.82) is 0 Å². The van der Waals surface area contributed by atoms with Crippen molar-refractivity contribution in [3.05, 3.63) is 33.8 Å². The van der Waals surface area contributed by atoms with E-state index in [2.05, 4.69) is 11.4 Å². The molecule has 2 rings (SSSR count). The van der Waals surface area contributed by atoms with Crippen LogP contribution < -0.4 is 5.32 Å². The lowest BCUT2D eigenvalue weighted by molar-refractivity contribution is 0.286. The van der Waals surface area contributed by atoms with Crippen molar-refractivity contribution >= 4 is 23.2 Å². The highest BCUT2D eigenvalue weighted by atomic mass is 35.5. The monoisotopic (exact) mass is 271 g/mol. The van der Waals surface area contributed by atoms with Crippen LogP contribution in [-0.2, 0) is 6.42 Å². The van der Waals surface area contributed by atoms with Crippen LogP contribution in [0.3, 0.4) is 0 Å². The Labute approximate surface area is 114 Å². The van der Waals surface area contributed by atoms with Gasteiger partial charge in [0.25, 0.3) is 0 Å². The van der Waals surface area contributed by atoms with Gasteiger partial charge in [0.05, 0.1) is 0 Å². The highest BCUT2D eigenvalue weighted by Gasteiger charge is 2.33. The average molecular weight is 272 g/mol. The van der Waals surface area contributed by atoms with Crippen LogP contribution in [-0.4, -0.2) is 13.6 Å². The van der Waals surface area contributed by atoms with Gasteiger partial charge in [0.15, 0.2) is 0 Å². The van der Waals surface area contributed by atoms with Crippen LogP contribution in [0.15, 0.2) is 18.2 Å². The first-order chi connectivity index (χ1) is 8.15. The van der Waals surface area contributed by atoms with Gasteiger partial charge >= 0.3 is 0 Å². The average Bonchev–Trinajstić information content (AvgIpc) is 2.72. The van der Waals surface area contributed by atoms with Gasteiger partial charge in [-0.1, -0.05) is 42.1 Å². The van der Waals surface area contributed by atoms with Crippen molar-refractivity contribution in [1.82, 2.24) is 5.32 Å². The van der Waals surface area contributed by atoms with E-state index in [0.29, 0.717) is 10.4 Å². The number of hydrogen-bond donors (Lipinski definition) is 1. The van der Waals surface area contributed by atoms with Crippen LogP contribution in [0.1, 0.15) is 31.2 Å². The topological polar surface area (TPSA) is 12.0 Å². The Morgan fingerprint density at radius 1 is 1.24 bits per heavy atom. The molecule has 0 heterocycles. The second-order valence-corrected chi connectivity index (χ2v) is 5.99. The standard InChI is InChI=1S/C14H19Cl2N/c1-17-10-14(6-2-3-7-14)9-11-4-5-12(15)8-13(11)16/h4-5,8,17H,2-3,6-7,9-10H2,1H3. The van der Waals surface area contributed by atoms with Gasteiger partial charge in [-0.15, -0.1) is 0 Å². The summed E-state index contributed by atoms with van der Waals surface area (Å²) in [5.41, 5.74) is 1.62. The second kappa shape index (κ2) is 5.60. The zero-order valence-corrected chi connectivity index (χ0v) is 11.7. The summed E-state index contributed by atoms with van der Waals surface area (Å²) in [7, 11) is 2.03. The summed E-state index contributed by atoms with van der Waals surface area (Å²) in [5, 5.41) is 4.85. The third-order valence-corrected chi connectivity index (χ3v) is 4.38. The first-order valence-corrected chi connectivity index (χ1v) is 6.99. The molecule has 1 nitrogen and oxygen atoms in total. The largest absolute Gasteiger partial charge is 0.319 e. The van der Waals surface area contributed by atoms with Gasteiger partial charge in [-0.05, 0) is 49.4 Å². The van der Waals surface area contributed by atoms with E-state index >= 15 is 0 Å². The molecule has 1 N–H and O–H groups in total. The molecule has 1 aliphatic carbocycles. The Bertz CT molecular complexity index is 384. The fourth-order valence-corrected chi connectivity index (χ4v) is 3.46. The van der Waals surface area contributed by atoms with Crippen LogP contribution in [0.2, 0.25) is 10.0 Å². The number of rotatable bonds is 4.